The number of hydrogen-bond donors (Lipinski definition) is 2. The minimum absolute atomic E-state index is 0.0299. The maximum Gasteiger partial charge on any atom is 0.280 e. The van der Waals surface area contributed by atoms with E-state index in [4.69, 9.17) is 11.6 Å². The molecule has 0 aromatic carbocycles. The summed E-state index contributed by atoms with van der Waals surface area (Å²) in [4.78, 5) is 0.884. The molecule has 1 aliphatic rings. The van der Waals surface area contributed by atoms with E-state index in [2.05, 4.69) is 4.72 Å². The second-order valence-corrected chi connectivity index (χ2v) is 8.48. The van der Waals surface area contributed by atoms with E-state index in [1.165, 1.54) is 15.6 Å². The number of nitrogens with zero attached hydrogens (tertiary/aromatic N) is 1. The van der Waals surface area contributed by atoms with Crippen molar-refractivity contribution in [1.82, 2.24) is 9.03 Å². The zero-order chi connectivity index (χ0) is 14.8. The predicted octanol–water partition coefficient (Wildman–Crippen LogP) is 2.00. The van der Waals surface area contributed by atoms with E-state index < -0.39 is 10.2 Å². The van der Waals surface area contributed by atoms with Crippen LogP contribution in [0, 0.1) is 5.92 Å². The monoisotopic (exact) mass is 338 g/mol. The van der Waals surface area contributed by atoms with Gasteiger partial charge in [-0.15, -0.1) is 11.3 Å². The van der Waals surface area contributed by atoms with Gasteiger partial charge in [0.05, 0.1) is 10.4 Å². The average Bonchev–Trinajstić information content (AvgIpc) is 2.85. The fourth-order valence-electron chi connectivity index (χ4n) is 2.31. The van der Waals surface area contributed by atoms with Gasteiger partial charge in [-0.2, -0.15) is 17.4 Å². The van der Waals surface area contributed by atoms with Crippen molar-refractivity contribution >= 4 is 33.1 Å². The van der Waals surface area contributed by atoms with E-state index in [1.54, 1.807) is 13.0 Å². The molecule has 2 atom stereocenters. The van der Waals surface area contributed by atoms with Gasteiger partial charge < -0.3 is 5.11 Å². The molecule has 1 aromatic rings. The molecule has 114 valence electrons. The highest BCUT2D eigenvalue weighted by molar-refractivity contribution is 7.87. The van der Waals surface area contributed by atoms with Crippen LogP contribution in [-0.2, 0) is 10.2 Å². The molecule has 1 saturated heterocycles. The zero-order valence-corrected chi connectivity index (χ0v) is 13.6. The van der Waals surface area contributed by atoms with E-state index in [-0.39, 0.29) is 18.6 Å². The van der Waals surface area contributed by atoms with Crippen molar-refractivity contribution < 1.29 is 13.5 Å². The number of hydrogen-bond acceptors (Lipinski definition) is 4. The second-order valence-electron chi connectivity index (χ2n) is 5.04. The molecule has 2 N–H and O–H groups in total. The minimum atomic E-state index is -3.53. The fraction of sp³-hybridized carbons (Fsp3) is 0.667. The summed E-state index contributed by atoms with van der Waals surface area (Å²) in [6.45, 7) is 2.71. The summed E-state index contributed by atoms with van der Waals surface area (Å²) in [6.07, 6.45) is 1.66. The first kappa shape index (κ1) is 16.2. The highest BCUT2D eigenvalue weighted by Gasteiger charge is 2.29. The standard InChI is InChI=1S/C12H19ClN2O3S2/c1-9(11-4-5-12(13)19-11)14-20(17,18)15-6-2-3-10(7-15)8-16/h4-5,9-10,14,16H,2-3,6-8H2,1H3. The van der Waals surface area contributed by atoms with Gasteiger partial charge in [0.2, 0.25) is 0 Å². The number of halogens is 1. The van der Waals surface area contributed by atoms with Gasteiger partial charge in [0.25, 0.3) is 10.2 Å². The van der Waals surface area contributed by atoms with Gasteiger partial charge >= 0.3 is 0 Å². The first-order chi connectivity index (χ1) is 9.42. The van der Waals surface area contributed by atoms with E-state index in [9.17, 15) is 13.5 Å². The van der Waals surface area contributed by atoms with Crippen molar-refractivity contribution in [3.05, 3.63) is 21.3 Å². The van der Waals surface area contributed by atoms with Crippen LogP contribution in [-0.4, -0.2) is 37.5 Å². The topological polar surface area (TPSA) is 69.6 Å². The smallest absolute Gasteiger partial charge is 0.280 e. The molecule has 0 amide bonds. The molecule has 1 aliphatic heterocycles. The molecule has 0 radical (unpaired) electrons. The van der Waals surface area contributed by atoms with Gasteiger partial charge in [0, 0.05) is 24.6 Å². The Morgan fingerprint density at radius 3 is 2.95 bits per heavy atom. The molecule has 2 heterocycles. The first-order valence-corrected chi connectivity index (χ1v) is 9.19. The lowest BCUT2D eigenvalue weighted by molar-refractivity contribution is 0.164. The summed E-state index contributed by atoms with van der Waals surface area (Å²) < 4.78 is 29.4. The molecule has 20 heavy (non-hydrogen) atoms. The molecule has 0 aliphatic carbocycles. The predicted molar refractivity (Wildman–Crippen MR) is 81.2 cm³/mol. The number of thiophene rings is 1. The van der Waals surface area contributed by atoms with Crippen LogP contribution in [0.5, 0.6) is 0 Å². The van der Waals surface area contributed by atoms with Crippen molar-refractivity contribution in [1.29, 1.82) is 0 Å². The third-order valence-corrected chi connectivity index (χ3v) is 6.50. The lowest BCUT2D eigenvalue weighted by Crippen LogP contribution is -2.47. The highest BCUT2D eigenvalue weighted by Crippen LogP contribution is 2.27. The van der Waals surface area contributed by atoms with Crippen LogP contribution in [0.3, 0.4) is 0 Å². The SMILES string of the molecule is CC(NS(=O)(=O)N1CCCC(CO)C1)c1ccc(Cl)s1. The Labute approximate surface area is 128 Å². The molecule has 5 nitrogen and oxygen atoms in total. The molecule has 0 bridgehead atoms. The van der Waals surface area contributed by atoms with Gasteiger partial charge in [-0.05, 0) is 37.8 Å². The molecule has 2 unspecified atom stereocenters. The molecule has 2 rings (SSSR count). The number of piperidine rings is 1. The largest absolute Gasteiger partial charge is 0.396 e. The Kier molecular flexibility index (Phi) is 5.44. The molecule has 1 aromatic heterocycles. The summed E-state index contributed by atoms with van der Waals surface area (Å²) in [5.74, 6) is 0.0341. The number of aliphatic hydroxyl groups is 1. The molecule has 1 fully saturated rings. The van der Waals surface area contributed by atoms with Crippen LogP contribution in [0.25, 0.3) is 0 Å². The second kappa shape index (κ2) is 6.72. The normalized spacial score (nSPS) is 22.9. The summed E-state index contributed by atoms with van der Waals surface area (Å²) in [6, 6.07) is 3.27. The van der Waals surface area contributed by atoms with Crippen LogP contribution in [0.15, 0.2) is 12.1 Å². The maximum absolute atomic E-state index is 12.3. The van der Waals surface area contributed by atoms with Crippen molar-refractivity contribution in [2.24, 2.45) is 5.92 Å². The van der Waals surface area contributed by atoms with E-state index in [0.29, 0.717) is 17.4 Å². The van der Waals surface area contributed by atoms with Crippen molar-refractivity contribution in [3.8, 4) is 0 Å². The van der Waals surface area contributed by atoms with Crippen molar-refractivity contribution in [3.63, 3.8) is 0 Å². The Balaban J connectivity index is 2.03. The van der Waals surface area contributed by atoms with Crippen molar-refractivity contribution in [2.75, 3.05) is 19.7 Å². The Hall–Kier alpha value is -0.180. The third kappa shape index (κ3) is 3.93. The van der Waals surface area contributed by atoms with Crippen LogP contribution < -0.4 is 4.72 Å². The molecular formula is C12H19ClN2O3S2. The van der Waals surface area contributed by atoms with Crippen LogP contribution >= 0.6 is 22.9 Å². The third-order valence-electron chi connectivity index (χ3n) is 3.43. The molecule has 0 saturated carbocycles. The van der Waals surface area contributed by atoms with Crippen LogP contribution in [0.1, 0.15) is 30.7 Å². The summed E-state index contributed by atoms with van der Waals surface area (Å²) in [7, 11) is -3.53. The number of aliphatic hydroxyl groups excluding tert-OH is 1. The van der Waals surface area contributed by atoms with Crippen molar-refractivity contribution in [2.45, 2.75) is 25.8 Å². The first-order valence-electron chi connectivity index (χ1n) is 6.56. The van der Waals surface area contributed by atoms with Gasteiger partial charge in [0.1, 0.15) is 0 Å². The summed E-state index contributed by atoms with van der Waals surface area (Å²) in [5, 5.41) is 9.18. The zero-order valence-electron chi connectivity index (χ0n) is 11.3. The Morgan fingerprint density at radius 2 is 2.35 bits per heavy atom. The maximum atomic E-state index is 12.3. The number of nitrogens with one attached hydrogen (secondary N) is 1. The summed E-state index contributed by atoms with van der Waals surface area (Å²) in [5.41, 5.74) is 0. The quantitative estimate of drug-likeness (QED) is 0.862. The van der Waals surface area contributed by atoms with Crippen LogP contribution in [0.2, 0.25) is 4.34 Å². The van der Waals surface area contributed by atoms with Gasteiger partial charge in [-0.3, -0.25) is 0 Å². The van der Waals surface area contributed by atoms with Gasteiger partial charge in [-0.25, -0.2) is 0 Å². The molecule has 8 heteroatoms. The fourth-order valence-corrected chi connectivity index (χ4v) is 4.95. The lowest BCUT2D eigenvalue weighted by atomic mass is 10.0. The van der Waals surface area contributed by atoms with Crippen LogP contribution in [0.4, 0.5) is 0 Å². The molecular weight excluding hydrogens is 320 g/mol. The average molecular weight is 339 g/mol. The Bertz CT molecular complexity index is 547. The van der Waals surface area contributed by atoms with Gasteiger partial charge in [-0.1, -0.05) is 11.6 Å². The highest BCUT2D eigenvalue weighted by atomic mass is 35.5. The van der Waals surface area contributed by atoms with E-state index >= 15 is 0 Å². The lowest BCUT2D eigenvalue weighted by Gasteiger charge is -2.31. The molecule has 0 spiro atoms. The minimum Gasteiger partial charge on any atom is -0.396 e. The van der Waals surface area contributed by atoms with E-state index in [0.717, 1.165) is 17.7 Å². The van der Waals surface area contributed by atoms with E-state index in [1.807, 2.05) is 6.07 Å². The summed E-state index contributed by atoms with van der Waals surface area (Å²) >= 11 is 7.23. The number of rotatable bonds is 5. The van der Waals surface area contributed by atoms with Gasteiger partial charge in [0.15, 0.2) is 0 Å². The Morgan fingerprint density at radius 1 is 1.60 bits per heavy atom.